The Morgan fingerprint density at radius 2 is 1.76 bits per heavy atom. The van der Waals surface area contributed by atoms with Gasteiger partial charge < -0.3 is 19.4 Å². The van der Waals surface area contributed by atoms with E-state index in [1.807, 2.05) is 35.4 Å². The predicted molar refractivity (Wildman–Crippen MR) is 136 cm³/mol. The van der Waals surface area contributed by atoms with Crippen LogP contribution < -0.4 is 14.5 Å². The molecular weight excluding hydrogens is 454 g/mol. The summed E-state index contributed by atoms with van der Waals surface area (Å²) in [7, 11) is 1.70. The monoisotopic (exact) mass is 483 g/mol. The lowest BCUT2D eigenvalue weighted by molar-refractivity contribution is 0.0751. The minimum absolute atomic E-state index is 0.0907. The van der Waals surface area contributed by atoms with Crippen LogP contribution in [0.5, 0.6) is 5.75 Å². The molecule has 2 aliphatic rings. The number of rotatable bonds is 5. The van der Waals surface area contributed by atoms with Crippen LogP contribution >= 0.6 is 23.1 Å². The smallest absolute Gasteiger partial charge is 0.264 e. The Labute approximate surface area is 202 Å². The third kappa shape index (κ3) is 4.48. The molecule has 0 N–H and O–H groups in total. The fraction of sp³-hybridized carbons (Fsp3) is 0.458. The molecule has 9 heteroatoms. The van der Waals surface area contributed by atoms with Crippen molar-refractivity contribution in [1.29, 1.82) is 0 Å². The van der Waals surface area contributed by atoms with Crippen LogP contribution in [0.2, 0.25) is 0 Å². The molecule has 7 nitrogen and oxygen atoms in total. The Morgan fingerprint density at radius 1 is 1.00 bits per heavy atom. The standard InChI is InChI=1S/C24H29N5O2S2/c1-31-19-9-5-4-8-18(19)27-12-14-29(15-13-27)23(30)20-16-17-21(28-10-6-3-7-11-28)25-24(32-2)26-22(17)33-20/h4-5,8-9,16H,3,6-7,10-15H2,1-2H3. The van der Waals surface area contributed by atoms with E-state index in [1.54, 1.807) is 18.9 Å². The molecule has 174 valence electrons. The van der Waals surface area contributed by atoms with Crippen molar-refractivity contribution in [2.24, 2.45) is 0 Å². The molecule has 0 saturated carbocycles. The first-order valence-corrected chi connectivity index (χ1v) is 13.5. The van der Waals surface area contributed by atoms with E-state index in [0.717, 1.165) is 63.7 Å². The van der Waals surface area contributed by atoms with Gasteiger partial charge in [0.25, 0.3) is 5.91 Å². The quantitative estimate of drug-likeness (QED) is 0.394. The average molecular weight is 484 g/mol. The normalized spacial score (nSPS) is 17.0. The molecule has 5 rings (SSSR count). The van der Waals surface area contributed by atoms with Crippen molar-refractivity contribution in [3.8, 4) is 5.75 Å². The minimum atomic E-state index is 0.0907. The number of hydrogen-bond acceptors (Lipinski definition) is 8. The van der Waals surface area contributed by atoms with Crippen molar-refractivity contribution >= 4 is 50.7 Å². The van der Waals surface area contributed by atoms with Crippen LogP contribution in [0.1, 0.15) is 28.9 Å². The summed E-state index contributed by atoms with van der Waals surface area (Å²) >= 11 is 3.05. The van der Waals surface area contributed by atoms with E-state index < -0.39 is 0 Å². The van der Waals surface area contributed by atoms with Gasteiger partial charge in [-0.05, 0) is 43.7 Å². The number of piperidine rings is 1. The third-order valence-corrected chi connectivity index (χ3v) is 7.96. The summed E-state index contributed by atoms with van der Waals surface area (Å²) in [6.45, 7) is 4.98. The van der Waals surface area contributed by atoms with E-state index in [2.05, 4.69) is 15.9 Å². The molecule has 0 atom stereocenters. The maximum atomic E-state index is 13.4. The first-order valence-electron chi connectivity index (χ1n) is 11.5. The molecule has 3 aromatic rings. The lowest BCUT2D eigenvalue weighted by Gasteiger charge is -2.36. The number of para-hydroxylation sites is 2. The van der Waals surface area contributed by atoms with Gasteiger partial charge in [-0.25, -0.2) is 9.97 Å². The number of carbonyl (C=O) groups is 1. The van der Waals surface area contributed by atoms with Crippen molar-refractivity contribution in [3.63, 3.8) is 0 Å². The molecule has 1 aromatic carbocycles. The Balaban J connectivity index is 1.36. The van der Waals surface area contributed by atoms with E-state index in [4.69, 9.17) is 14.7 Å². The van der Waals surface area contributed by atoms with E-state index in [-0.39, 0.29) is 5.91 Å². The van der Waals surface area contributed by atoms with Gasteiger partial charge >= 0.3 is 0 Å². The number of nitrogens with zero attached hydrogens (tertiary/aromatic N) is 5. The molecule has 0 aliphatic carbocycles. The Bertz CT molecular complexity index is 1140. The topological polar surface area (TPSA) is 61.8 Å². The summed E-state index contributed by atoms with van der Waals surface area (Å²) in [4.78, 5) is 31.2. The fourth-order valence-electron chi connectivity index (χ4n) is 4.63. The molecule has 4 heterocycles. The SMILES string of the molecule is COc1ccccc1N1CCN(C(=O)c2cc3c(N4CCCCC4)nc(SC)nc3s2)CC1. The zero-order valence-electron chi connectivity index (χ0n) is 19.1. The zero-order chi connectivity index (χ0) is 22.8. The molecule has 2 fully saturated rings. The van der Waals surface area contributed by atoms with Crippen LogP contribution in [0.15, 0.2) is 35.5 Å². The number of carbonyl (C=O) groups excluding carboxylic acids is 1. The van der Waals surface area contributed by atoms with Crippen LogP contribution in [-0.4, -0.2) is 73.4 Å². The summed E-state index contributed by atoms with van der Waals surface area (Å²) < 4.78 is 5.52. The van der Waals surface area contributed by atoms with Gasteiger partial charge in [0.05, 0.1) is 23.1 Å². The number of piperazine rings is 1. The highest BCUT2D eigenvalue weighted by Crippen LogP contribution is 2.35. The summed E-state index contributed by atoms with van der Waals surface area (Å²) in [5.74, 6) is 1.95. The van der Waals surface area contributed by atoms with Gasteiger partial charge in [0.1, 0.15) is 16.4 Å². The molecule has 2 aliphatic heterocycles. The average Bonchev–Trinajstić information content (AvgIpc) is 3.32. The molecule has 0 bridgehead atoms. The van der Waals surface area contributed by atoms with Crippen molar-refractivity contribution in [2.75, 3.05) is 62.4 Å². The highest BCUT2D eigenvalue weighted by molar-refractivity contribution is 7.98. The summed E-state index contributed by atoms with van der Waals surface area (Å²) in [5.41, 5.74) is 1.08. The molecular formula is C24H29N5O2S2. The number of thiophene rings is 1. The van der Waals surface area contributed by atoms with Crippen molar-refractivity contribution in [2.45, 2.75) is 24.4 Å². The van der Waals surface area contributed by atoms with Gasteiger partial charge in [-0.15, -0.1) is 11.3 Å². The molecule has 2 aromatic heterocycles. The van der Waals surface area contributed by atoms with Crippen LogP contribution in [0.25, 0.3) is 10.2 Å². The van der Waals surface area contributed by atoms with Crippen LogP contribution in [0.3, 0.4) is 0 Å². The van der Waals surface area contributed by atoms with Crippen molar-refractivity contribution in [3.05, 3.63) is 35.2 Å². The predicted octanol–water partition coefficient (Wildman–Crippen LogP) is 4.37. The number of ether oxygens (including phenoxy) is 1. The van der Waals surface area contributed by atoms with Crippen LogP contribution in [0.4, 0.5) is 11.5 Å². The Kier molecular flexibility index (Phi) is 6.59. The number of methoxy groups -OCH3 is 1. The number of fused-ring (bicyclic) bond motifs is 1. The van der Waals surface area contributed by atoms with E-state index in [0.29, 0.717) is 13.1 Å². The van der Waals surface area contributed by atoms with Crippen molar-refractivity contribution in [1.82, 2.24) is 14.9 Å². The molecule has 33 heavy (non-hydrogen) atoms. The van der Waals surface area contributed by atoms with Gasteiger partial charge in [-0.2, -0.15) is 0 Å². The lowest BCUT2D eigenvalue weighted by Crippen LogP contribution is -2.48. The summed E-state index contributed by atoms with van der Waals surface area (Å²) in [6, 6.07) is 10.1. The lowest BCUT2D eigenvalue weighted by atomic mass is 10.1. The molecule has 2 saturated heterocycles. The van der Waals surface area contributed by atoms with Gasteiger partial charge in [0.15, 0.2) is 5.16 Å². The third-order valence-electron chi connectivity index (χ3n) is 6.39. The number of hydrogen-bond donors (Lipinski definition) is 0. The van der Waals surface area contributed by atoms with Crippen LogP contribution in [0, 0.1) is 0 Å². The second-order valence-corrected chi connectivity index (χ2v) is 10.2. The molecule has 0 radical (unpaired) electrons. The van der Waals surface area contributed by atoms with E-state index in [9.17, 15) is 4.79 Å². The minimum Gasteiger partial charge on any atom is -0.495 e. The van der Waals surface area contributed by atoms with Gasteiger partial charge in [-0.3, -0.25) is 4.79 Å². The first-order chi connectivity index (χ1) is 16.2. The Hall–Kier alpha value is -2.52. The van der Waals surface area contributed by atoms with E-state index in [1.165, 1.54) is 30.6 Å². The largest absolute Gasteiger partial charge is 0.495 e. The number of benzene rings is 1. The second kappa shape index (κ2) is 9.77. The Morgan fingerprint density at radius 3 is 2.48 bits per heavy atom. The highest BCUT2D eigenvalue weighted by atomic mass is 32.2. The number of aromatic nitrogens is 2. The highest BCUT2D eigenvalue weighted by Gasteiger charge is 2.26. The van der Waals surface area contributed by atoms with Gasteiger partial charge in [0.2, 0.25) is 0 Å². The molecule has 0 unspecified atom stereocenters. The summed E-state index contributed by atoms with van der Waals surface area (Å²) in [5, 5.41) is 1.78. The molecule has 1 amide bonds. The van der Waals surface area contributed by atoms with Gasteiger partial charge in [0, 0.05) is 39.3 Å². The van der Waals surface area contributed by atoms with Gasteiger partial charge in [-0.1, -0.05) is 23.9 Å². The first kappa shape index (κ1) is 22.3. The second-order valence-electron chi connectivity index (χ2n) is 8.36. The maximum Gasteiger partial charge on any atom is 0.264 e. The zero-order valence-corrected chi connectivity index (χ0v) is 20.8. The fourth-order valence-corrected chi connectivity index (χ4v) is 6.04. The number of anilines is 2. The number of amides is 1. The van der Waals surface area contributed by atoms with E-state index >= 15 is 0 Å². The number of thioether (sulfide) groups is 1. The molecule has 0 spiro atoms. The maximum absolute atomic E-state index is 13.4. The van der Waals surface area contributed by atoms with Crippen molar-refractivity contribution < 1.29 is 9.53 Å². The summed E-state index contributed by atoms with van der Waals surface area (Å²) in [6.07, 6.45) is 5.65. The van der Waals surface area contributed by atoms with Crippen LogP contribution in [-0.2, 0) is 0 Å².